The van der Waals surface area contributed by atoms with Gasteiger partial charge < -0.3 is 9.47 Å². The van der Waals surface area contributed by atoms with Crippen LogP contribution in [0.25, 0.3) is 11.2 Å². The van der Waals surface area contributed by atoms with Crippen molar-refractivity contribution < 1.29 is 4.79 Å². The number of imidazole rings is 1. The lowest BCUT2D eigenvalue weighted by molar-refractivity contribution is 0.0712. The van der Waals surface area contributed by atoms with Crippen molar-refractivity contribution in [3.05, 3.63) is 48.4 Å². The van der Waals surface area contributed by atoms with Crippen molar-refractivity contribution in [2.45, 2.75) is 37.6 Å². The van der Waals surface area contributed by atoms with Gasteiger partial charge in [-0.3, -0.25) is 4.79 Å². The molecule has 0 unspecified atom stereocenters. The molecule has 0 aromatic carbocycles. The molecule has 2 aliphatic rings. The number of fused-ring (bicyclic) bond motifs is 1. The fourth-order valence-corrected chi connectivity index (χ4v) is 3.76. The predicted octanol–water partition coefficient (Wildman–Crippen LogP) is 2.58. The van der Waals surface area contributed by atoms with Crippen molar-refractivity contribution in [2.24, 2.45) is 0 Å². The Hall–Kier alpha value is -2.83. The van der Waals surface area contributed by atoms with Gasteiger partial charge >= 0.3 is 0 Å². The molecule has 3 aromatic rings. The summed E-state index contributed by atoms with van der Waals surface area (Å²) in [5, 5.41) is 0. The van der Waals surface area contributed by atoms with Crippen LogP contribution >= 0.6 is 0 Å². The van der Waals surface area contributed by atoms with E-state index in [0.717, 1.165) is 42.8 Å². The number of carbonyl (C=O) groups is 1. The van der Waals surface area contributed by atoms with Gasteiger partial charge in [0.1, 0.15) is 11.8 Å². The Bertz CT molecular complexity index is 941. The molecule has 0 N–H and O–H groups in total. The normalized spacial score (nSPS) is 18.4. The Morgan fingerprint density at radius 3 is 2.65 bits per heavy atom. The zero-order valence-electron chi connectivity index (χ0n) is 14.5. The second-order valence-corrected chi connectivity index (χ2v) is 7.15. The van der Waals surface area contributed by atoms with E-state index in [0.29, 0.717) is 17.5 Å². The number of hydrogen-bond donors (Lipinski definition) is 0. The van der Waals surface area contributed by atoms with Crippen molar-refractivity contribution in [3.8, 4) is 0 Å². The van der Waals surface area contributed by atoms with Crippen LogP contribution < -0.4 is 0 Å². The number of amides is 1. The molecule has 0 atom stereocenters. The number of piperidine rings is 1. The summed E-state index contributed by atoms with van der Waals surface area (Å²) in [6.45, 7) is 1.48. The number of pyridine rings is 1. The highest BCUT2D eigenvalue weighted by molar-refractivity contribution is 5.96. The van der Waals surface area contributed by atoms with E-state index in [9.17, 15) is 4.79 Å². The maximum atomic E-state index is 12.9. The van der Waals surface area contributed by atoms with Gasteiger partial charge in [0.05, 0.1) is 11.9 Å². The topological polar surface area (TPSA) is 76.8 Å². The molecule has 7 nitrogen and oxygen atoms in total. The Labute approximate surface area is 151 Å². The number of rotatable bonds is 3. The van der Waals surface area contributed by atoms with Gasteiger partial charge in [0, 0.05) is 43.1 Å². The van der Waals surface area contributed by atoms with Crippen molar-refractivity contribution in [2.75, 3.05) is 13.1 Å². The summed E-state index contributed by atoms with van der Waals surface area (Å²) in [6.07, 6.45) is 11.1. The summed E-state index contributed by atoms with van der Waals surface area (Å²) in [7, 11) is 0. The number of hydrogen-bond acceptors (Lipinski definition) is 5. The van der Waals surface area contributed by atoms with Gasteiger partial charge in [0.15, 0.2) is 5.65 Å². The lowest BCUT2D eigenvalue weighted by Crippen LogP contribution is -2.38. The van der Waals surface area contributed by atoms with E-state index in [1.54, 1.807) is 18.7 Å². The van der Waals surface area contributed by atoms with Crippen LogP contribution in [0.3, 0.4) is 0 Å². The molecule has 1 saturated heterocycles. The summed E-state index contributed by atoms with van der Waals surface area (Å²) in [6, 6.07) is 4.38. The van der Waals surface area contributed by atoms with Gasteiger partial charge in [-0.25, -0.2) is 19.9 Å². The van der Waals surface area contributed by atoms with E-state index < -0.39 is 0 Å². The summed E-state index contributed by atoms with van der Waals surface area (Å²) in [5.41, 5.74) is 3.38. The number of likely N-dealkylation sites (tertiary alicyclic amines) is 1. The van der Waals surface area contributed by atoms with Gasteiger partial charge in [0.2, 0.25) is 0 Å². The van der Waals surface area contributed by atoms with Gasteiger partial charge in [-0.15, -0.1) is 0 Å². The minimum atomic E-state index is 0.0431. The summed E-state index contributed by atoms with van der Waals surface area (Å²) >= 11 is 0. The fourth-order valence-electron chi connectivity index (χ4n) is 3.76. The molecule has 1 aliphatic carbocycles. The van der Waals surface area contributed by atoms with Crippen LogP contribution in [0.5, 0.6) is 0 Å². The van der Waals surface area contributed by atoms with Crippen LogP contribution in [0.15, 0.2) is 37.2 Å². The molecular formula is C19H20N6O. The van der Waals surface area contributed by atoms with E-state index in [2.05, 4.69) is 24.5 Å². The van der Waals surface area contributed by atoms with Crippen LogP contribution in [0.1, 0.15) is 53.7 Å². The fraction of sp³-hybridized carbons (Fsp3) is 0.421. The second-order valence-electron chi connectivity index (χ2n) is 7.15. The maximum Gasteiger partial charge on any atom is 0.255 e. The van der Waals surface area contributed by atoms with E-state index in [-0.39, 0.29) is 5.91 Å². The van der Waals surface area contributed by atoms with Crippen LogP contribution in [-0.4, -0.2) is 48.4 Å². The zero-order valence-corrected chi connectivity index (χ0v) is 14.5. The molecule has 0 bridgehead atoms. The Morgan fingerprint density at radius 1 is 1.08 bits per heavy atom. The van der Waals surface area contributed by atoms with Crippen LogP contribution in [0.4, 0.5) is 0 Å². The second kappa shape index (κ2) is 6.16. The summed E-state index contributed by atoms with van der Waals surface area (Å²) in [4.78, 5) is 32.1. The van der Waals surface area contributed by atoms with Gasteiger partial charge in [-0.2, -0.15) is 0 Å². The van der Waals surface area contributed by atoms with Crippen LogP contribution in [-0.2, 0) is 0 Å². The third-order valence-corrected chi connectivity index (χ3v) is 5.41. The summed E-state index contributed by atoms with van der Waals surface area (Å²) < 4.78 is 2.12. The minimum Gasteiger partial charge on any atom is -0.339 e. The monoisotopic (exact) mass is 348 g/mol. The SMILES string of the molecule is O=C(c1cnc2c(c1)ncn2C1CC1)N1CCC(c2ccncn2)CC1. The van der Waals surface area contributed by atoms with Crippen LogP contribution in [0, 0.1) is 0 Å². The molecule has 5 rings (SSSR count). The lowest BCUT2D eigenvalue weighted by atomic mass is 9.93. The molecule has 4 heterocycles. The highest BCUT2D eigenvalue weighted by Gasteiger charge is 2.27. The molecule has 26 heavy (non-hydrogen) atoms. The molecule has 3 aromatic heterocycles. The molecule has 2 fully saturated rings. The Kier molecular flexibility index (Phi) is 3.65. The van der Waals surface area contributed by atoms with Gasteiger partial charge in [0.25, 0.3) is 5.91 Å². The quantitative estimate of drug-likeness (QED) is 0.727. The molecule has 0 spiro atoms. The highest BCUT2D eigenvalue weighted by Crippen LogP contribution is 2.36. The maximum absolute atomic E-state index is 12.9. The zero-order chi connectivity index (χ0) is 17.5. The molecule has 1 saturated carbocycles. The first-order valence-corrected chi connectivity index (χ1v) is 9.17. The first kappa shape index (κ1) is 15.4. The molecule has 0 radical (unpaired) electrons. The highest BCUT2D eigenvalue weighted by atomic mass is 16.2. The molecular weight excluding hydrogens is 328 g/mol. The number of aromatic nitrogens is 5. The van der Waals surface area contributed by atoms with Crippen molar-refractivity contribution >= 4 is 17.1 Å². The first-order valence-electron chi connectivity index (χ1n) is 9.17. The third-order valence-electron chi connectivity index (χ3n) is 5.41. The first-order chi connectivity index (χ1) is 12.8. The largest absolute Gasteiger partial charge is 0.339 e. The lowest BCUT2D eigenvalue weighted by Gasteiger charge is -2.31. The average Bonchev–Trinajstić information content (AvgIpc) is 3.47. The number of carbonyl (C=O) groups excluding carboxylic acids is 1. The summed E-state index contributed by atoms with van der Waals surface area (Å²) in [5.74, 6) is 0.443. The smallest absolute Gasteiger partial charge is 0.255 e. The third kappa shape index (κ3) is 2.73. The minimum absolute atomic E-state index is 0.0431. The Morgan fingerprint density at radius 2 is 1.92 bits per heavy atom. The molecule has 1 aliphatic heterocycles. The average molecular weight is 348 g/mol. The molecule has 7 heteroatoms. The Balaban J connectivity index is 1.30. The van der Waals surface area contributed by atoms with E-state index in [1.807, 2.05) is 23.4 Å². The standard InChI is InChI=1S/C19H20N6O/c26-19(24-7-4-13(5-8-24)16-3-6-20-11-22-16)14-9-17-18(21-10-14)25(12-23-17)15-1-2-15/h3,6,9-13,15H,1-2,4-5,7-8H2. The van der Waals surface area contributed by atoms with Gasteiger partial charge in [-0.1, -0.05) is 0 Å². The van der Waals surface area contributed by atoms with Crippen LogP contribution in [0.2, 0.25) is 0 Å². The van der Waals surface area contributed by atoms with E-state index in [1.165, 1.54) is 12.8 Å². The molecule has 132 valence electrons. The van der Waals surface area contributed by atoms with E-state index >= 15 is 0 Å². The number of nitrogens with zero attached hydrogens (tertiary/aromatic N) is 6. The predicted molar refractivity (Wildman–Crippen MR) is 95.7 cm³/mol. The van der Waals surface area contributed by atoms with E-state index in [4.69, 9.17) is 0 Å². The van der Waals surface area contributed by atoms with Gasteiger partial charge in [-0.05, 0) is 37.8 Å². The molecule has 1 amide bonds. The van der Waals surface area contributed by atoms with Crippen molar-refractivity contribution in [1.29, 1.82) is 0 Å². The van der Waals surface area contributed by atoms with Crippen molar-refractivity contribution in [1.82, 2.24) is 29.4 Å². The van der Waals surface area contributed by atoms with Crippen molar-refractivity contribution in [3.63, 3.8) is 0 Å².